The lowest BCUT2D eigenvalue weighted by Crippen LogP contribution is -2.10. The van der Waals surface area contributed by atoms with Crippen molar-refractivity contribution in [1.82, 2.24) is 9.97 Å². The maximum atomic E-state index is 6.15. The first kappa shape index (κ1) is 15.3. The summed E-state index contributed by atoms with van der Waals surface area (Å²) in [7, 11) is 0. The van der Waals surface area contributed by atoms with Crippen LogP contribution in [-0.2, 0) is 11.8 Å². The van der Waals surface area contributed by atoms with Gasteiger partial charge in [0, 0.05) is 11.1 Å². The summed E-state index contributed by atoms with van der Waals surface area (Å²) in [6.07, 6.45) is 0.723. The van der Waals surface area contributed by atoms with Crippen molar-refractivity contribution in [3.05, 3.63) is 45.7 Å². The van der Waals surface area contributed by atoms with E-state index in [4.69, 9.17) is 23.2 Å². The molecular weight excluding hydrogens is 291 g/mol. The smallest absolute Gasteiger partial charge is 0.162 e. The fourth-order valence-electron chi connectivity index (χ4n) is 1.97. The molecule has 0 N–H and O–H groups in total. The van der Waals surface area contributed by atoms with Crippen molar-refractivity contribution < 1.29 is 0 Å². The van der Waals surface area contributed by atoms with Crippen LogP contribution in [0.25, 0.3) is 11.4 Å². The van der Waals surface area contributed by atoms with E-state index in [0.29, 0.717) is 16.1 Å². The molecule has 0 spiro atoms. The lowest BCUT2D eigenvalue weighted by Gasteiger charge is -2.19. The molecule has 0 aliphatic carbocycles. The zero-order valence-corrected chi connectivity index (χ0v) is 13.7. The Bertz CT molecular complexity index is 590. The Hall–Kier alpha value is -1.12. The van der Waals surface area contributed by atoms with Crippen molar-refractivity contribution in [2.75, 3.05) is 0 Å². The summed E-state index contributed by atoms with van der Waals surface area (Å²) < 4.78 is 0. The molecule has 0 atom stereocenters. The molecule has 0 aliphatic heterocycles. The van der Waals surface area contributed by atoms with Gasteiger partial charge in [-0.3, -0.25) is 0 Å². The van der Waals surface area contributed by atoms with Crippen molar-refractivity contribution in [3.8, 4) is 11.4 Å². The van der Waals surface area contributed by atoms with E-state index in [1.54, 1.807) is 0 Å². The molecule has 1 aromatic heterocycles. The molecule has 2 aromatic rings. The van der Waals surface area contributed by atoms with Crippen LogP contribution in [0.2, 0.25) is 10.3 Å². The molecule has 2 rings (SSSR count). The molecule has 0 bridgehead atoms. The summed E-state index contributed by atoms with van der Waals surface area (Å²) in [5, 5.41) is 0.866. The standard InChI is InChI=1S/C16H18Cl2N2/c1-5-12-13(17)19-15(20-14(12)18)10-6-8-11(9-7-10)16(2,3)4/h6-9H,5H2,1-4H3. The van der Waals surface area contributed by atoms with E-state index in [1.165, 1.54) is 5.56 Å². The molecule has 0 fully saturated rings. The Labute approximate surface area is 130 Å². The van der Waals surface area contributed by atoms with Crippen LogP contribution in [0.5, 0.6) is 0 Å². The third-order valence-corrected chi connectivity index (χ3v) is 3.89. The van der Waals surface area contributed by atoms with Gasteiger partial charge in [0.1, 0.15) is 10.3 Å². The summed E-state index contributed by atoms with van der Waals surface area (Å²) >= 11 is 12.3. The summed E-state index contributed by atoms with van der Waals surface area (Å²) in [6, 6.07) is 8.20. The highest BCUT2D eigenvalue weighted by molar-refractivity contribution is 6.34. The SMILES string of the molecule is CCc1c(Cl)nc(-c2ccc(C(C)(C)C)cc2)nc1Cl. The van der Waals surface area contributed by atoms with Gasteiger partial charge in [-0.05, 0) is 17.4 Å². The van der Waals surface area contributed by atoms with Crippen molar-refractivity contribution >= 4 is 23.2 Å². The molecular formula is C16H18Cl2N2. The first-order valence-corrected chi connectivity index (χ1v) is 7.41. The van der Waals surface area contributed by atoms with E-state index in [-0.39, 0.29) is 5.41 Å². The van der Waals surface area contributed by atoms with E-state index in [2.05, 4.69) is 42.9 Å². The predicted molar refractivity (Wildman–Crippen MR) is 85.6 cm³/mol. The van der Waals surface area contributed by atoms with Crippen LogP contribution in [0.4, 0.5) is 0 Å². The van der Waals surface area contributed by atoms with E-state index in [9.17, 15) is 0 Å². The average Bonchev–Trinajstić information content (AvgIpc) is 2.37. The first-order valence-electron chi connectivity index (χ1n) is 6.65. The number of nitrogens with zero attached hydrogens (tertiary/aromatic N) is 2. The van der Waals surface area contributed by atoms with Crippen LogP contribution in [0.15, 0.2) is 24.3 Å². The lowest BCUT2D eigenvalue weighted by atomic mass is 9.87. The third-order valence-electron chi connectivity index (χ3n) is 3.27. The normalized spacial score (nSPS) is 11.7. The Morgan fingerprint density at radius 3 is 1.85 bits per heavy atom. The van der Waals surface area contributed by atoms with Crippen molar-refractivity contribution in [1.29, 1.82) is 0 Å². The molecule has 2 nitrogen and oxygen atoms in total. The van der Waals surface area contributed by atoms with Gasteiger partial charge in [-0.25, -0.2) is 9.97 Å². The Morgan fingerprint density at radius 1 is 0.950 bits per heavy atom. The van der Waals surface area contributed by atoms with Gasteiger partial charge in [-0.15, -0.1) is 0 Å². The fraction of sp³-hybridized carbons (Fsp3) is 0.375. The zero-order valence-electron chi connectivity index (χ0n) is 12.2. The molecule has 1 heterocycles. The second-order valence-corrected chi connectivity index (χ2v) is 6.50. The van der Waals surface area contributed by atoms with Gasteiger partial charge in [0.15, 0.2) is 5.82 Å². The maximum absolute atomic E-state index is 6.15. The lowest BCUT2D eigenvalue weighted by molar-refractivity contribution is 0.590. The summed E-state index contributed by atoms with van der Waals surface area (Å²) in [4.78, 5) is 8.67. The number of rotatable bonds is 2. The second kappa shape index (κ2) is 5.71. The van der Waals surface area contributed by atoms with Gasteiger partial charge < -0.3 is 0 Å². The summed E-state index contributed by atoms with van der Waals surface area (Å²) in [5.74, 6) is 0.567. The topological polar surface area (TPSA) is 25.8 Å². The fourth-order valence-corrected chi connectivity index (χ4v) is 2.63. The van der Waals surface area contributed by atoms with E-state index < -0.39 is 0 Å². The van der Waals surface area contributed by atoms with Crippen LogP contribution >= 0.6 is 23.2 Å². The van der Waals surface area contributed by atoms with Crippen LogP contribution in [-0.4, -0.2) is 9.97 Å². The van der Waals surface area contributed by atoms with Gasteiger partial charge in [0.2, 0.25) is 0 Å². The minimum Gasteiger partial charge on any atom is -0.216 e. The van der Waals surface area contributed by atoms with Crippen LogP contribution in [0.1, 0.15) is 38.8 Å². The van der Waals surface area contributed by atoms with E-state index >= 15 is 0 Å². The Kier molecular flexibility index (Phi) is 4.36. The molecule has 1 aromatic carbocycles. The number of aromatic nitrogens is 2. The molecule has 0 unspecified atom stereocenters. The molecule has 0 saturated heterocycles. The van der Waals surface area contributed by atoms with Gasteiger partial charge in [0.05, 0.1) is 0 Å². The predicted octanol–water partition coefficient (Wildman–Crippen LogP) is 5.31. The highest BCUT2D eigenvalue weighted by Gasteiger charge is 2.15. The summed E-state index contributed by atoms with van der Waals surface area (Å²) in [6.45, 7) is 8.53. The van der Waals surface area contributed by atoms with Gasteiger partial charge in [0.25, 0.3) is 0 Å². The molecule has 0 saturated carbocycles. The number of halogens is 2. The highest BCUT2D eigenvalue weighted by Crippen LogP contribution is 2.28. The number of benzene rings is 1. The maximum Gasteiger partial charge on any atom is 0.162 e. The minimum atomic E-state index is 0.126. The van der Waals surface area contributed by atoms with Crippen LogP contribution in [0.3, 0.4) is 0 Å². The highest BCUT2D eigenvalue weighted by atomic mass is 35.5. The molecule has 106 valence electrons. The molecule has 0 aliphatic rings. The minimum absolute atomic E-state index is 0.126. The summed E-state index contributed by atoms with van der Waals surface area (Å²) in [5.41, 5.74) is 3.11. The monoisotopic (exact) mass is 308 g/mol. The van der Waals surface area contributed by atoms with Crippen molar-refractivity contribution in [2.45, 2.75) is 39.5 Å². The van der Waals surface area contributed by atoms with E-state index in [1.807, 2.05) is 19.1 Å². The molecule has 4 heteroatoms. The van der Waals surface area contributed by atoms with Crippen molar-refractivity contribution in [3.63, 3.8) is 0 Å². The largest absolute Gasteiger partial charge is 0.216 e. The number of hydrogen-bond acceptors (Lipinski definition) is 2. The van der Waals surface area contributed by atoms with Crippen LogP contribution < -0.4 is 0 Å². The van der Waals surface area contributed by atoms with E-state index in [0.717, 1.165) is 17.5 Å². The first-order chi connectivity index (χ1) is 9.32. The van der Waals surface area contributed by atoms with Crippen molar-refractivity contribution in [2.24, 2.45) is 0 Å². The van der Waals surface area contributed by atoms with Gasteiger partial charge in [-0.2, -0.15) is 0 Å². The van der Waals surface area contributed by atoms with Crippen LogP contribution in [0, 0.1) is 0 Å². The molecule has 20 heavy (non-hydrogen) atoms. The molecule has 0 amide bonds. The van der Waals surface area contributed by atoms with Gasteiger partial charge in [-0.1, -0.05) is 75.2 Å². The van der Waals surface area contributed by atoms with Gasteiger partial charge >= 0.3 is 0 Å². The zero-order chi connectivity index (χ0) is 14.9. The second-order valence-electron chi connectivity index (χ2n) is 5.79. The number of hydrogen-bond donors (Lipinski definition) is 0. The Morgan fingerprint density at radius 2 is 1.45 bits per heavy atom. The molecule has 0 radical (unpaired) electrons. The Balaban J connectivity index is 2.42. The average molecular weight is 309 g/mol. The quantitative estimate of drug-likeness (QED) is 0.703. The third kappa shape index (κ3) is 3.13.